The van der Waals surface area contributed by atoms with Crippen molar-refractivity contribution in [2.45, 2.75) is 25.7 Å². The highest BCUT2D eigenvalue weighted by Gasteiger charge is 2.23. The van der Waals surface area contributed by atoms with Crippen molar-refractivity contribution < 1.29 is 4.52 Å². The maximum Gasteiger partial charge on any atom is 0.227 e. The van der Waals surface area contributed by atoms with Crippen molar-refractivity contribution in [2.75, 3.05) is 13.6 Å². The quantitative estimate of drug-likeness (QED) is 0.729. The van der Waals surface area contributed by atoms with E-state index in [1.54, 1.807) is 0 Å². The fourth-order valence-corrected chi connectivity index (χ4v) is 1.29. The van der Waals surface area contributed by atoms with Crippen molar-refractivity contribution in [3.8, 4) is 0 Å². The van der Waals surface area contributed by atoms with E-state index in [-0.39, 0.29) is 0 Å². The summed E-state index contributed by atoms with van der Waals surface area (Å²) in [6.07, 6.45) is 4.50. The Morgan fingerprint density at radius 3 is 3.08 bits per heavy atom. The first-order valence-corrected chi connectivity index (χ1v) is 4.84. The van der Waals surface area contributed by atoms with E-state index in [0.717, 1.165) is 37.0 Å². The van der Waals surface area contributed by atoms with E-state index >= 15 is 0 Å². The molecule has 0 aromatic carbocycles. The van der Waals surface area contributed by atoms with Crippen molar-refractivity contribution in [2.24, 2.45) is 5.92 Å². The smallest absolute Gasteiger partial charge is 0.227 e. The summed E-state index contributed by atoms with van der Waals surface area (Å²) in [4.78, 5) is 4.31. The van der Waals surface area contributed by atoms with Crippen LogP contribution in [0.15, 0.2) is 4.52 Å². The molecule has 4 heteroatoms. The molecule has 1 heterocycles. The Morgan fingerprint density at radius 1 is 1.54 bits per heavy atom. The van der Waals surface area contributed by atoms with Gasteiger partial charge in [0.2, 0.25) is 5.89 Å². The predicted molar refractivity (Wildman–Crippen MR) is 48.4 cm³/mol. The number of aromatic nitrogens is 2. The van der Waals surface area contributed by atoms with Crippen LogP contribution in [0.5, 0.6) is 0 Å². The molecule has 0 unspecified atom stereocenters. The Morgan fingerprint density at radius 2 is 2.38 bits per heavy atom. The first-order chi connectivity index (χ1) is 6.38. The molecule has 0 amide bonds. The third-order valence-corrected chi connectivity index (χ3v) is 2.27. The number of nitrogens with zero attached hydrogens (tertiary/aromatic N) is 2. The van der Waals surface area contributed by atoms with Gasteiger partial charge in [0.05, 0.1) is 0 Å². The van der Waals surface area contributed by atoms with E-state index in [2.05, 4.69) is 15.5 Å². The summed E-state index contributed by atoms with van der Waals surface area (Å²) < 4.78 is 5.09. The zero-order valence-corrected chi connectivity index (χ0v) is 7.92. The highest BCUT2D eigenvalue weighted by atomic mass is 16.5. The maximum atomic E-state index is 5.09. The number of nitrogens with one attached hydrogen (secondary N) is 1. The van der Waals surface area contributed by atoms with E-state index < -0.39 is 0 Å². The minimum absolute atomic E-state index is 0.755. The molecule has 1 aromatic heterocycles. The topological polar surface area (TPSA) is 51.0 Å². The summed E-state index contributed by atoms with van der Waals surface area (Å²) in [5.74, 6) is 2.47. The van der Waals surface area contributed by atoms with E-state index in [1.807, 2.05) is 7.05 Å². The molecule has 1 saturated carbocycles. The number of hydrogen-bond donors (Lipinski definition) is 1. The van der Waals surface area contributed by atoms with Crippen LogP contribution >= 0.6 is 0 Å². The van der Waals surface area contributed by atoms with Crippen molar-refractivity contribution >= 4 is 0 Å². The average Bonchev–Trinajstić information content (AvgIpc) is 2.81. The molecule has 1 aliphatic carbocycles. The van der Waals surface area contributed by atoms with Gasteiger partial charge in [-0.05, 0) is 25.8 Å². The van der Waals surface area contributed by atoms with Gasteiger partial charge in [0.25, 0.3) is 0 Å². The lowest BCUT2D eigenvalue weighted by atomic mass is 10.3. The lowest BCUT2D eigenvalue weighted by Crippen LogP contribution is -2.10. The van der Waals surface area contributed by atoms with E-state index in [9.17, 15) is 0 Å². The third kappa shape index (κ3) is 2.52. The molecule has 1 aliphatic rings. The normalized spacial score (nSPS) is 16.4. The van der Waals surface area contributed by atoms with Crippen molar-refractivity contribution in [3.05, 3.63) is 11.7 Å². The first kappa shape index (κ1) is 8.69. The lowest BCUT2D eigenvalue weighted by Gasteiger charge is -1.90. The average molecular weight is 181 g/mol. The summed E-state index contributed by atoms with van der Waals surface area (Å²) in [6.45, 7) is 0.894. The molecule has 1 aromatic rings. The number of rotatable bonds is 5. The van der Waals surface area contributed by atoms with Gasteiger partial charge >= 0.3 is 0 Å². The monoisotopic (exact) mass is 181 g/mol. The van der Waals surface area contributed by atoms with Crippen molar-refractivity contribution in [1.82, 2.24) is 15.5 Å². The SMILES string of the molecule is CNCCc1nc(CC2CC2)no1. The summed E-state index contributed by atoms with van der Waals surface area (Å²) in [5, 5.41) is 6.99. The van der Waals surface area contributed by atoms with Crippen molar-refractivity contribution in [1.29, 1.82) is 0 Å². The third-order valence-electron chi connectivity index (χ3n) is 2.27. The molecule has 72 valence electrons. The highest BCUT2D eigenvalue weighted by Crippen LogP contribution is 2.31. The summed E-state index contributed by atoms with van der Waals surface area (Å²) in [7, 11) is 1.92. The van der Waals surface area contributed by atoms with Crippen LogP contribution in [0.3, 0.4) is 0 Å². The van der Waals surface area contributed by atoms with Gasteiger partial charge in [-0.25, -0.2) is 0 Å². The zero-order valence-electron chi connectivity index (χ0n) is 7.92. The van der Waals surface area contributed by atoms with Gasteiger partial charge in [-0.15, -0.1) is 0 Å². The van der Waals surface area contributed by atoms with Crippen LogP contribution < -0.4 is 5.32 Å². The van der Waals surface area contributed by atoms with Gasteiger partial charge in [-0.1, -0.05) is 5.16 Å². The van der Waals surface area contributed by atoms with Gasteiger partial charge in [-0.2, -0.15) is 4.98 Å². The van der Waals surface area contributed by atoms with Gasteiger partial charge in [0.15, 0.2) is 5.82 Å². The van der Waals surface area contributed by atoms with Crippen LogP contribution in [0.1, 0.15) is 24.6 Å². The van der Waals surface area contributed by atoms with E-state index in [4.69, 9.17) is 4.52 Å². The summed E-state index contributed by atoms with van der Waals surface area (Å²) in [5.41, 5.74) is 0. The lowest BCUT2D eigenvalue weighted by molar-refractivity contribution is 0.371. The Hall–Kier alpha value is -0.900. The van der Waals surface area contributed by atoms with Crippen molar-refractivity contribution in [3.63, 3.8) is 0 Å². The largest absolute Gasteiger partial charge is 0.339 e. The molecule has 0 saturated heterocycles. The van der Waals surface area contributed by atoms with Gasteiger partial charge in [0, 0.05) is 19.4 Å². The molecule has 0 bridgehead atoms. The molecule has 2 rings (SSSR count). The molecule has 13 heavy (non-hydrogen) atoms. The molecular weight excluding hydrogens is 166 g/mol. The Bertz CT molecular complexity index is 268. The second-order valence-electron chi connectivity index (χ2n) is 3.61. The molecule has 0 atom stereocenters. The predicted octanol–water partition coefficient (Wildman–Crippen LogP) is 0.784. The molecule has 0 aliphatic heterocycles. The standard InChI is InChI=1S/C9H15N3O/c1-10-5-4-9-11-8(12-13-9)6-7-2-3-7/h7,10H,2-6H2,1H3. The van der Waals surface area contributed by atoms with Crippen LogP contribution in [0.25, 0.3) is 0 Å². The van der Waals surface area contributed by atoms with Gasteiger partial charge < -0.3 is 9.84 Å². The first-order valence-electron chi connectivity index (χ1n) is 4.84. The Kier molecular flexibility index (Phi) is 2.59. The second-order valence-corrected chi connectivity index (χ2v) is 3.61. The Balaban J connectivity index is 1.84. The van der Waals surface area contributed by atoms with Crippen LogP contribution in [0.2, 0.25) is 0 Å². The number of hydrogen-bond acceptors (Lipinski definition) is 4. The molecule has 1 fully saturated rings. The minimum Gasteiger partial charge on any atom is -0.339 e. The maximum absolute atomic E-state index is 5.09. The zero-order chi connectivity index (χ0) is 9.10. The van der Waals surface area contributed by atoms with E-state index in [1.165, 1.54) is 12.8 Å². The summed E-state index contributed by atoms with van der Waals surface area (Å²) >= 11 is 0. The fraction of sp³-hybridized carbons (Fsp3) is 0.778. The van der Waals surface area contributed by atoms with Gasteiger partial charge in [-0.3, -0.25) is 0 Å². The highest BCUT2D eigenvalue weighted by molar-refractivity contribution is 4.92. The number of likely N-dealkylation sites (N-methyl/N-ethyl adjacent to an activating group) is 1. The molecule has 0 spiro atoms. The molecule has 0 radical (unpaired) electrons. The second kappa shape index (κ2) is 3.87. The molecule has 1 N–H and O–H groups in total. The van der Waals surface area contributed by atoms with Crippen LogP contribution in [-0.4, -0.2) is 23.7 Å². The molecular formula is C9H15N3O. The summed E-state index contributed by atoms with van der Waals surface area (Å²) in [6, 6.07) is 0. The van der Waals surface area contributed by atoms with Crippen LogP contribution in [-0.2, 0) is 12.8 Å². The van der Waals surface area contributed by atoms with Crippen LogP contribution in [0, 0.1) is 5.92 Å². The van der Waals surface area contributed by atoms with Crippen LogP contribution in [0.4, 0.5) is 0 Å². The minimum atomic E-state index is 0.755. The fourth-order valence-electron chi connectivity index (χ4n) is 1.29. The van der Waals surface area contributed by atoms with Gasteiger partial charge in [0.1, 0.15) is 0 Å². The Labute approximate surface area is 77.7 Å². The molecule has 4 nitrogen and oxygen atoms in total. The van der Waals surface area contributed by atoms with E-state index in [0.29, 0.717) is 0 Å².